The second-order valence-electron chi connectivity index (χ2n) is 6.16. The number of carbonyl (C=O) groups is 1. The van der Waals surface area contributed by atoms with Crippen LogP contribution in [0.1, 0.15) is 37.7 Å². The zero-order chi connectivity index (χ0) is 15.2. The summed E-state index contributed by atoms with van der Waals surface area (Å²) in [5.41, 5.74) is 1.04. The van der Waals surface area contributed by atoms with Crippen molar-refractivity contribution in [3.8, 4) is 11.5 Å². The molecule has 1 fully saturated rings. The van der Waals surface area contributed by atoms with E-state index in [9.17, 15) is 4.79 Å². The van der Waals surface area contributed by atoms with Crippen molar-refractivity contribution in [2.45, 2.75) is 38.6 Å². The molecule has 0 spiro atoms. The topological polar surface area (TPSA) is 52.0 Å². The van der Waals surface area contributed by atoms with Crippen LogP contribution in [0.15, 0.2) is 18.2 Å². The summed E-state index contributed by atoms with van der Waals surface area (Å²) >= 11 is 0. The number of fused-ring (bicyclic) bond motifs is 1. The fraction of sp³-hybridized carbons (Fsp3) is 0.588. The molecule has 0 radical (unpaired) electrons. The molecule has 2 N–H and O–H groups in total. The molecule has 0 unspecified atom stereocenters. The average molecular weight is 305 g/mol. The van der Waals surface area contributed by atoms with E-state index in [1.165, 1.54) is 37.0 Å². The molecular formula is C17H25N2O3+. The number of amides is 1. The Balaban J connectivity index is 1.45. The van der Waals surface area contributed by atoms with Gasteiger partial charge in [0.05, 0.1) is 13.1 Å². The van der Waals surface area contributed by atoms with E-state index in [0.717, 1.165) is 30.2 Å². The SMILES string of the molecule is O=C(C[NH+]1CCCCCCC1)NCc1ccc2c(c1)OCO2. The number of ether oxygens (including phenoxy) is 2. The van der Waals surface area contributed by atoms with Gasteiger partial charge in [-0.1, -0.05) is 12.5 Å². The molecule has 1 amide bonds. The van der Waals surface area contributed by atoms with E-state index < -0.39 is 0 Å². The number of rotatable bonds is 4. The molecule has 2 heterocycles. The van der Waals surface area contributed by atoms with Crippen LogP contribution in [0.5, 0.6) is 11.5 Å². The Bertz CT molecular complexity index is 511. The Labute approximate surface area is 131 Å². The van der Waals surface area contributed by atoms with Gasteiger partial charge in [-0.25, -0.2) is 0 Å². The first kappa shape index (κ1) is 15.2. The number of hydrogen-bond donors (Lipinski definition) is 2. The molecule has 0 bridgehead atoms. The lowest BCUT2D eigenvalue weighted by molar-refractivity contribution is -0.893. The molecule has 3 rings (SSSR count). The van der Waals surface area contributed by atoms with Gasteiger partial charge in [-0.15, -0.1) is 0 Å². The number of hydrogen-bond acceptors (Lipinski definition) is 3. The number of quaternary nitrogens is 1. The Hall–Kier alpha value is -1.75. The quantitative estimate of drug-likeness (QED) is 0.868. The van der Waals surface area contributed by atoms with Gasteiger partial charge in [0.15, 0.2) is 18.0 Å². The van der Waals surface area contributed by atoms with E-state index in [0.29, 0.717) is 13.1 Å². The highest BCUT2D eigenvalue weighted by Gasteiger charge is 2.16. The zero-order valence-corrected chi connectivity index (χ0v) is 13.0. The van der Waals surface area contributed by atoms with Gasteiger partial charge in [0.2, 0.25) is 6.79 Å². The van der Waals surface area contributed by atoms with Crippen LogP contribution in [0.25, 0.3) is 0 Å². The Kier molecular flexibility index (Phi) is 5.16. The number of carbonyl (C=O) groups excluding carboxylic acids is 1. The van der Waals surface area contributed by atoms with E-state index in [1.807, 2.05) is 18.2 Å². The largest absolute Gasteiger partial charge is 0.454 e. The smallest absolute Gasteiger partial charge is 0.275 e. The van der Waals surface area contributed by atoms with Crippen molar-refractivity contribution >= 4 is 5.91 Å². The average Bonchev–Trinajstić information content (AvgIpc) is 2.95. The molecule has 2 aliphatic heterocycles. The molecular weight excluding hydrogens is 280 g/mol. The van der Waals surface area contributed by atoms with Gasteiger partial charge >= 0.3 is 0 Å². The first-order valence-corrected chi connectivity index (χ1v) is 8.30. The lowest BCUT2D eigenvalue weighted by Gasteiger charge is -2.21. The van der Waals surface area contributed by atoms with Crippen LogP contribution in [0.4, 0.5) is 0 Å². The van der Waals surface area contributed by atoms with E-state index in [2.05, 4.69) is 5.32 Å². The van der Waals surface area contributed by atoms with Gasteiger partial charge in [0, 0.05) is 6.54 Å². The summed E-state index contributed by atoms with van der Waals surface area (Å²) < 4.78 is 10.6. The van der Waals surface area contributed by atoms with Gasteiger partial charge in [0.25, 0.3) is 5.91 Å². The second kappa shape index (κ2) is 7.49. The fourth-order valence-corrected chi connectivity index (χ4v) is 3.12. The number of benzene rings is 1. The molecule has 120 valence electrons. The van der Waals surface area contributed by atoms with Gasteiger partial charge in [0.1, 0.15) is 0 Å². The first-order valence-electron chi connectivity index (χ1n) is 8.30. The lowest BCUT2D eigenvalue weighted by atomic mass is 10.1. The Morgan fingerprint density at radius 2 is 1.77 bits per heavy atom. The van der Waals surface area contributed by atoms with Gasteiger partial charge in [-0.3, -0.25) is 4.79 Å². The summed E-state index contributed by atoms with van der Waals surface area (Å²) in [4.78, 5) is 13.5. The van der Waals surface area contributed by atoms with Crippen molar-refractivity contribution in [3.63, 3.8) is 0 Å². The first-order chi connectivity index (χ1) is 10.8. The van der Waals surface area contributed by atoms with Crippen LogP contribution in [0.2, 0.25) is 0 Å². The summed E-state index contributed by atoms with van der Waals surface area (Å²) in [6.45, 7) is 3.66. The summed E-state index contributed by atoms with van der Waals surface area (Å²) in [7, 11) is 0. The zero-order valence-electron chi connectivity index (χ0n) is 13.0. The lowest BCUT2D eigenvalue weighted by Crippen LogP contribution is -3.13. The van der Waals surface area contributed by atoms with E-state index in [4.69, 9.17) is 9.47 Å². The normalized spacial score (nSPS) is 18.5. The molecule has 0 aliphatic carbocycles. The van der Waals surface area contributed by atoms with Crippen molar-refractivity contribution in [3.05, 3.63) is 23.8 Å². The molecule has 5 heteroatoms. The highest BCUT2D eigenvalue weighted by Crippen LogP contribution is 2.32. The van der Waals surface area contributed by atoms with Crippen molar-refractivity contribution in [1.82, 2.24) is 5.32 Å². The summed E-state index contributed by atoms with van der Waals surface area (Å²) in [5, 5.41) is 3.02. The third kappa shape index (κ3) is 4.13. The molecule has 22 heavy (non-hydrogen) atoms. The third-order valence-corrected chi connectivity index (χ3v) is 4.40. The molecule has 5 nitrogen and oxygen atoms in total. The highest BCUT2D eigenvalue weighted by atomic mass is 16.7. The molecule has 1 aromatic carbocycles. The van der Waals surface area contributed by atoms with Crippen LogP contribution < -0.4 is 19.7 Å². The number of nitrogens with one attached hydrogen (secondary N) is 2. The monoisotopic (exact) mass is 305 g/mol. The molecule has 1 aromatic rings. The Morgan fingerprint density at radius 3 is 2.59 bits per heavy atom. The second-order valence-corrected chi connectivity index (χ2v) is 6.16. The van der Waals surface area contributed by atoms with E-state index >= 15 is 0 Å². The van der Waals surface area contributed by atoms with E-state index in [1.54, 1.807) is 0 Å². The van der Waals surface area contributed by atoms with Crippen LogP contribution in [-0.4, -0.2) is 32.3 Å². The molecule has 2 aliphatic rings. The summed E-state index contributed by atoms with van der Waals surface area (Å²) in [6.07, 6.45) is 6.45. The fourth-order valence-electron chi connectivity index (χ4n) is 3.12. The van der Waals surface area contributed by atoms with Gasteiger partial charge in [-0.2, -0.15) is 0 Å². The molecule has 0 saturated carbocycles. The third-order valence-electron chi connectivity index (χ3n) is 4.40. The van der Waals surface area contributed by atoms with Gasteiger partial charge < -0.3 is 19.7 Å². The maximum atomic E-state index is 12.1. The van der Waals surface area contributed by atoms with Crippen molar-refractivity contribution < 1.29 is 19.2 Å². The van der Waals surface area contributed by atoms with Crippen LogP contribution >= 0.6 is 0 Å². The van der Waals surface area contributed by atoms with Crippen molar-refractivity contribution in [1.29, 1.82) is 0 Å². The predicted octanol–water partition coefficient (Wildman–Crippen LogP) is 0.880. The van der Waals surface area contributed by atoms with Gasteiger partial charge in [-0.05, 0) is 43.4 Å². The van der Waals surface area contributed by atoms with Crippen molar-refractivity contribution in [2.75, 3.05) is 26.4 Å². The summed E-state index contributed by atoms with van der Waals surface area (Å²) in [6, 6.07) is 5.80. The molecule has 0 aromatic heterocycles. The summed E-state index contributed by atoms with van der Waals surface area (Å²) in [5.74, 6) is 1.68. The maximum absolute atomic E-state index is 12.1. The number of likely N-dealkylation sites (tertiary alicyclic amines) is 1. The minimum atomic E-state index is 0.133. The van der Waals surface area contributed by atoms with E-state index in [-0.39, 0.29) is 12.7 Å². The standard InChI is InChI=1S/C17H24N2O3/c20-17(12-19-8-4-2-1-3-5-9-19)18-11-14-6-7-15-16(10-14)22-13-21-15/h6-7,10H,1-5,8-9,11-13H2,(H,18,20)/p+1. The van der Waals surface area contributed by atoms with Crippen LogP contribution in [0.3, 0.4) is 0 Å². The molecule has 1 saturated heterocycles. The molecule has 0 atom stereocenters. The highest BCUT2D eigenvalue weighted by molar-refractivity contribution is 5.76. The van der Waals surface area contributed by atoms with Crippen molar-refractivity contribution in [2.24, 2.45) is 0 Å². The Morgan fingerprint density at radius 1 is 1.05 bits per heavy atom. The predicted molar refractivity (Wildman–Crippen MR) is 83.1 cm³/mol. The maximum Gasteiger partial charge on any atom is 0.275 e. The minimum absolute atomic E-state index is 0.133. The van der Waals surface area contributed by atoms with Crippen LogP contribution in [0, 0.1) is 0 Å². The van der Waals surface area contributed by atoms with Crippen LogP contribution in [-0.2, 0) is 11.3 Å². The minimum Gasteiger partial charge on any atom is -0.454 e.